The molecule has 4 unspecified atom stereocenters. The van der Waals surface area contributed by atoms with Crippen molar-refractivity contribution in [2.24, 2.45) is 5.92 Å². The maximum atomic E-state index is 13.3. The predicted molar refractivity (Wildman–Crippen MR) is 127 cm³/mol. The van der Waals surface area contributed by atoms with E-state index in [1.54, 1.807) is 17.2 Å². The number of anilines is 1. The lowest BCUT2D eigenvalue weighted by Crippen LogP contribution is -2.43. The number of amides is 2. The minimum absolute atomic E-state index is 0.145. The zero-order valence-electron chi connectivity index (χ0n) is 19.2. The molecule has 5 rings (SSSR count). The van der Waals surface area contributed by atoms with Gasteiger partial charge in [0.05, 0.1) is 23.6 Å². The normalized spacial score (nSPS) is 24.5. The molecule has 2 aromatic rings. The van der Waals surface area contributed by atoms with Crippen molar-refractivity contribution in [2.75, 3.05) is 18.4 Å². The zero-order chi connectivity index (χ0) is 24.0. The number of dihydropyridines is 1. The number of carbonyl (C=O) groups is 2. The second-order valence-electron chi connectivity index (χ2n) is 9.22. The molecule has 34 heavy (non-hydrogen) atoms. The highest BCUT2D eigenvalue weighted by Gasteiger charge is 2.43. The Morgan fingerprint density at radius 3 is 2.74 bits per heavy atom. The molecule has 0 bridgehead atoms. The lowest BCUT2D eigenvalue weighted by atomic mass is 9.91. The van der Waals surface area contributed by atoms with E-state index in [4.69, 9.17) is 4.98 Å². The van der Waals surface area contributed by atoms with E-state index in [0.29, 0.717) is 41.7 Å². The molecule has 4 atom stereocenters. The van der Waals surface area contributed by atoms with Crippen LogP contribution in [-0.4, -0.2) is 63.2 Å². The largest absolute Gasteiger partial charge is 0.391 e. The van der Waals surface area contributed by atoms with Crippen LogP contribution >= 0.6 is 0 Å². The van der Waals surface area contributed by atoms with Gasteiger partial charge in [-0.3, -0.25) is 9.59 Å². The second kappa shape index (κ2) is 8.79. The molecule has 0 radical (unpaired) electrons. The Kier molecular flexibility index (Phi) is 5.81. The van der Waals surface area contributed by atoms with E-state index in [-0.39, 0.29) is 24.2 Å². The summed E-state index contributed by atoms with van der Waals surface area (Å²) in [5.74, 6) is -0.874. The van der Waals surface area contributed by atoms with Crippen molar-refractivity contribution in [2.45, 2.75) is 51.4 Å². The fraction of sp³-hybridized carbons (Fsp3) is 0.440. The average molecular weight is 466 g/mol. The van der Waals surface area contributed by atoms with Crippen LogP contribution in [0.2, 0.25) is 0 Å². The molecule has 2 amide bonds. The summed E-state index contributed by atoms with van der Waals surface area (Å²) in [6.07, 6.45) is 5.63. The van der Waals surface area contributed by atoms with Gasteiger partial charge in [0.2, 0.25) is 5.91 Å². The number of nitrogens with one attached hydrogen (secondary N) is 2. The highest BCUT2D eigenvalue weighted by Crippen LogP contribution is 2.35. The third kappa shape index (κ3) is 4.16. The molecular weight excluding hydrogens is 437 g/mol. The number of carbonyl (C=O) groups excluding carboxylic acids is 2. The fourth-order valence-corrected chi connectivity index (χ4v) is 4.29. The average Bonchev–Trinajstić information content (AvgIpc) is 3.53. The maximum absolute atomic E-state index is 13.3. The van der Waals surface area contributed by atoms with Crippen LogP contribution in [0.3, 0.4) is 0 Å². The molecule has 4 heterocycles. The number of fused-ring (bicyclic) bond motifs is 1. The summed E-state index contributed by atoms with van der Waals surface area (Å²) >= 11 is 0. The van der Waals surface area contributed by atoms with Crippen LogP contribution in [-0.2, 0) is 4.79 Å². The molecule has 1 aliphatic carbocycles. The second-order valence-corrected chi connectivity index (χ2v) is 9.22. The molecule has 3 aliphatic rings. The smallest absolute Gasteiger partial charge is 0.273 e. The van der Waals surface area contributed by atoms with Crippen molar-refractivity contribution in [3.8, 4) is 0 Å². The van der Waals surface area contributed by atoms with Gasteiger partial charge in [-0.05, 0) is 37.8 Å². The minimum atomic E-state index is -1.09. The van der Waals surface area contributed by atoms with E-state index in [9.17, 15) is 19.1 Å². The number of alkyl halides is 1. The number of aliphatic hydroxyl groups is 1. The molecule has 0 spiro atoms. The van der Waals surface area contributed by atoms with E-state index in [1.807, 2.05) is 32.2 Å². The summed E-state index contributed by atoms with van der Waals surface area (Å²) in [4.78, 5) is 36.2. The Hall–Kier alpha value is -3.33. The highest BCUT2D eigenvalue weighted by molar-refractivity contribution is 6.03. The van der Waals surface area contributed by atoms with Crippen molar-refractivity contribution in [3.05, 3.63) is 47.4 Å². The standard InChI is InChI=1S/C25H28FN5O3/c1-3-21(32)20-7-13(2)17(12-27-20)15-8-14-11-28-22(30-24(33)16-9-18(16)26)10-19(14)29-23(15)25(34)31-5-4-6-31/h7-8,10-12,16,18,20-21,27,32H,3-6,9H2,1-2H3,(H,28,30,33). The third-order valence-corrected chi connectivity index (χ3v) is 6.74. The van der Waals surface area contributed by atoms with Gasteiger partial charge >= 0.3 is 0 Å². The number of rotatable bonds is 6. The van der Waals surface area contributed by atoms with Gasteiger partial charge in [-0.2, -0.15) is 0 Å². The van der Waals surface area contributed by atoms with Gasteiger partial charge < -0.3 is 20.6 Å². The van der Waals surface area contributed by atoms with Crippen molar-refractivity contribution >= 4 is 34.1 Å². The number of likely N-dealkylation sites (tertiary alicyclic amines) is 1. The number of halogens is 1. The first kappa shape index (κ1) is 22.5. The maximum Gasteiger partial charge on any atom is 0.273 e. The summed E-state index contributed by atoms with van der Waals surface area (Å²) in [6, 6.07) is 3.30. The van der Waals surface area contributed by atoms with E-state index >= 15 is 0 Å². The number of aliphatic hydroxyl groups excluding tert-OH is 1. The van der Waals surface area contributed by atoms with Crippen molar-refractivity contribution in [3.63, 3.8) is 0 Å². The Balaban J connectivity index is 1.52. The molecular formula is C25H28FN5O3. The van der Waals surface area contributed by atoms with Crippen LogP contribution in [0.1, 0.15) is 49.2 Å². The first-order valence-corrected chi connectivity index (χ1v) is 11.7. The summed E-state index contributed by atoms with van der Waals surface area (Å²) in [5.41, 5.74) is 3.31. The van der Waals surface area contributed by atoms with Crippen molar-refractivity contribution in [1.29, 1.82) is 0 Å². The Morgan fingerprint density at radius 2 is 2.12 bits per heavy atom. The van der Waals surface area contributed by atoms with Crippen molar-refractivity contribution < 1.29 is 19.1 Å². The quantitative estimate of drug-likeness (QED) is 0.606. The predicted octanol–water partition coefficient (Wildman–Crippen LogP) is 2.80. The number of hydrogen-bond acceptors (Lipinski definition) is 6. The topological polar surface area (TPSA) is 107 Å². The van der Waals surface area contributed by atoms with Gasteiger partial charge in [-0.1, -0.05) is 13.0 Å². The van der Waals surface area contributed by atoms with Crippen LogP contribution in [0.25, 0.3) is 16.5 Å². The van der Waals surface area contributed by atoms with Crippen molar-refractivity contribution in [1.82, 2.24) is 20.2 Å². The van der Waals surface area contributed by atoms with Gasteiger partial charge in [-0.25, -0.2) is 14.4 Å². The number of aromatic nitrogens is 2. The fourth-order valence-electron chi connectivity index (χ4n) is 4.29. The van der Waals surface area contributed by atoms with Gasteiger partial charge in [0.1, 0.15) is 17.7 Å². The van der Waals surface area contributed by atoms with Crippen LogP contribution in [0.15, 0.2) is 36.2 Å². The monoisotopic (exact) mass is 465 g/mol. The van der Waals surface area contributed by atoms with Crippen LogP contribution < -0.4 is 10.6 Å². The number of hydrogen-bond donors (Lipinski definition) is 3. The van der Waals surface area contributed by atoms with Gasteiger partial charge in [0.25, 0.3) is 5.91 Å². The first-order chi connectivity index (χ1) is 16.4. The summed E-state index contributed by atoms with van der Waals surface area (Å²) in [6.45, 7) is 5.27. The minimum Gasteiger partial charge on any atom is -0.391 e. The molecule has 2 aromatic heterocycles. The van der Waals surface area contributed by atoms with E-state index in [0.717, 1.165) is 17.6 Å². The summed E-state index contributed by atoms with van der Waals surface area (Å²) in [7, 11) is 0. The number of nitrogens with zero attached hydrogens (tertiary/aromatic N) is 3. The number of pyridine rings is 2. The Labute approximate surface area is 197 Å². The third-order valence-electron chi connectivity index (χ3n) is 6.74. The van der Waals surface area contributed by atoms with Gasteiger partial charge in [0.15, 0.2) is 0 Å². The Morgan fingerprint density at radius 1 is 1.35 bits per heavy atom. The van der Waals surface area contributed by atoms with Crippen LogP contribution in [0.4, 0.5) is 10.2 Å². The molecule has 178 valence electrons. The van der Waals surface area contributed by atoms with Gasteiger partial charge in [-0.15, -0.1) is 0 Å². The lowest BCUT2D eigenvalue weighted by molar-refractivity contribution is -0.117. The van der Waals surface area contributed by atoms with E-state index < -0.39 is 24.1 Å². The SMILES string of the molecule is CCC(O)C1C=C(C)C(c2cc3cnc(NC(=O)C4CC4F)cc3nc2C(=O)N2CCC2)=CN1. The summed E-state index contributed by atoms with van der Waals surface area (Å²) < 4.78 is 13.2. The van der Waals surface area contributed by atoms with E-state index in [1.165, 1.54) is 0 Å². The number of allylic oxidation sites excluding steroid dienone is 2. The Bertz CT molecular complexity index is 1220. The first-order valence-electron chi connectivity index (χ1n) is 11.7. The molecule has 1 saturated heterocycles. The highest BCUT2D eigenvalue weighted by atomic mass is 19.1. The molecule has 0 aromatic carbocycles. The van der Waals surface area contributed by atoms with E-state index in [2.05, 4.69) is 15.6 Å². The molecule has 8 nitrogen and oxygen atoms in total. The van der Waals surface area contributed by atoms with Crippen LogP contribution in [0.5, 0.6) is 0 Å². The molecule has 3 N–H and O–H groups in total. The molecule has 2 fully saturated rings. The van der Waals surface area contributed by atoms with Crippen LogP contribution in [0, 0.1) is 5.92 Å². The molecule has 2 aliphatic heterocycles. The summed E-state index contributed by atoms with van der Waals surface area (Å²) in [5, 5.41) is 16.8. The lowest BCUT2D eigenvalue weighted by Gasteiger charge is -2.32. The zero-order valence-corrected chi connectivity index (χ0v) is 19.2. The van der Waals surface area contributed by atoms with Gasteiger partial charge in [0, 0.05) is 48.1 Å². The molecule has 9 heteroatoms. The molecule has 1 saturated carbocycles.